The number of fused-ring (bicyclic) bond motifs is 1. The van der Waals surface area contributed by atoms with Crippen LogP contribution in [0.1, 0.15) is 9.67 Å². The highest BCUT2D eigenvalue weighted by Gasteiger charge is 2.19. The highest BCUT2D eigenvalue weighted by molar-refractivity contribution is 7.21. The lowest BCUT2D eigenvalue weighted by molar-refractivity contribution is 0.103. The van der Waals surface area contributed by atoms with Crippen LogP contribution < -0.4 is 11.1 Å². The summed E-state index contributed by atoms with van der Waals surface area (Å²) in [6.45, 7) is 0. The van der Waals surface area contributed by atoms with Gasteiger partial charge >= 0.3 is 0 Å². The van der Waals surface area contributed by atoms with Crippen molar-refractivity contribution >= 4 is 85.2 Å². The number of nitrogens with two attached hydrogens (primary N) is 1. The minimum absolute atomic E-state index is 0.274. The van der Waals surface area contributed by atoms with Gasteiger partial charge in [-0.25, -0.2) is 4.98 Å². The first-order valence-electron chi connectivity index (χ1n) is 8.24. The van der Waals surface area contributed by atoms with Crippen LogP contribution in [-0.4, -0.2) is 10.9 Å². The molecule has 3 N–H and O–H groups in total. The van der Waals surface area contributed by atoms with E-state index < -0.39 is 5.91 Å². The molecule has 0 aliphatic heterocycles. The van der Waals surface area contributed by atoms with E-state index in [0.717, 1.165) is 11.3 Å². The van der Waals surface area contributed by atoms with Crippen molar-refractivity contribution in [3.63, 3.8) is 0 Å². The van der Waals surface area contributed by atoms with Crippen molar-refractivity contribution in [2.45, 2.75) is 0 Å². The second-order valence-corrected chi connectivity index (χ2v) is 8.76. The zero-order valence-corrected chi connectivity index (χ0v) is 18.3. The van der Waals surface area contributed by atoms with Crippen molar-refractivity contribution in [3.05, 3.63) is 73.5 Å². The van der Waals surface area contributed by atoms with Gasteiger partial charge < -0.3 is 11.1 Å². The van der Waals surface area contributed by atoms with Gasteiger partial charge in [-0.05, 0) is 36.4 Å². The maximum absolute atomic E-state index is 12.8. The van der Waals surface area contributed by atoms with Crippen molar-refractivity contribution < 1.29 is 4.79 Å². The quantitative estimate of drug-likeness (QED) is 0.298. The normalized spacial score (nSPS) is 11.0. The smallest absolute Gasteiger partial charge is 0.267 e. The fraction of sp³-hybridized carbons (Fsp3) is 0. The number of carbonyl (C=O) groups excluding carboxylic acids is 1. The molecule has 4 nitrogen and oxygen atoms in total. The van der Waals surface area contributed by atoms with Crippen molar-refractivity contribution in [1.29, 1.82) is 0 Å². The van der Waals surface area contributed by atoms with Crippen molar-refractivity contribution in [1.82, 2.24) is 4.98 Å². The lowest BCUT2D eigenvalue weighted by Crippen LogP contribution is -2.12. The topological polar surface area (TPSA) is 68.0 Å². The van der Waals surface area contributed by atoms with E-state index in [1.165, 1.54) is 23.5 Å². The van der Waals surface area contributed by atoms with Gasteiger partial charge in [0.05, 0.1) is 32.1 Å². The second kappa shape index (κ2) is 8.01. The first-order valence-corrected chi connectivity index (χ1v) is 10.6. The van der Waals surface area contributed by atoms with E-state index >= 15 is 0 Å². The van der Waals surface area contributed by atoms with E-state index in [9.17, 15) is 4.79 Å². The predicted molar refractivity (Wildman–Crippen MR) is 124 cm³/mol. The van der Waals surface area contributed by atoms with Crippen LogP contribution in [0.3, 0.4) is 0 Å². The Balaban J connectivity index is 1.69. The van der Waals surface area contributed by atoms with E-state index in [0.29, 0.717) is 36.5 Å². The molecule has 9 heteroatoms. The fourth-order valence-electron chi connectivity index (χ4n) is 2.74. The molecule has 0 aliphatic carbocycles. The molecule has 0 spiro atoms. The molecule has 0 radical (unpaired) electrons. The fourth-order valence-corrected chi connectivity index (χ4v) is 4.45. The lowest BCUT2D eigenvalue weighted by Gasteiger charge is -2.08. The van der Waals surface area contributed by atoms with E-state index in [-0.39, 0.29) is 10.0 Å². The molecule has 0 saturated heterocycles. The van der Waals surface area contributed by atoms with E-state index in [1.807, 2.05) is 24.3 Å². The van der Waals surface area contributed by atoms with E-state index in [1.54, 1.807) is 12.1 Å². The number of hydrogen-bond acceptors (Lipinski definition) is 4. The molecule has 4 aromatic rings. The van der Waals surface area contributed by atoms with Gasteiger partial charge in [-0.2, -0.15) is 0 Å². The van der Waals surface area contributed by atoms with Gasteiger partial charge in [-0.15, -0.1) is 11.3 Å². The molecule has 0 aliphatic rings. The summed E-state index contributed by atoms with van der Waals surface area (Å²) < 4.78 is 0. The minimum atomic E-state index is -0.404. The largest absolute Gasteiger partial charge is 0.397 e. The molecule has 2 heterocycles. The van der Waals surface area contributed by atoms with Crippen LogP contribution >= 0.6 is 57.7 Å². The Hall–Kier alpha value is -2.02. The Morgan fingerprint density at radius 3 is 2.34 bits per heavy atom. The first kappa shape index (κ1) is 20.3. The molecule has 29 heavy (non-hydrogen) atoms. The molecule has 146 valence electrons. The van der Waals surface area contributed by atoms with Crippen molar-refractivity contribution in [2.75, 3.05) is 11.1 Å². The maximum Gasteiger partial charge on any atom is 0.267 e. The van der Waals surface area contributed by atoms with Gasteiger partial charge in [-0.1, -0.05) is 58.5 Å². The second-order valence-electron chi connectivity index (χ2n) is 6.10. The minimum Gasteiger partial charge on any atom is -0.397 e. The number of amides is 1. The highest BCUT2D eigenvalue weighted by atomic mass is 35.5. The molecule has 0 saturated carbocycles. The van der Waals surface area contributed by atoms with Crippen LogP contribution in [0.5, 0.6) is 0 Å². The van der Waals surface area contributed by atoms with Gasteiger partial charge in [0, 0.05) is 16.0 Å². The van der Waals surface area contributed by atoms with Crippen LogP contribution in [0, 0.1) is 0 Å². The Labute approximate surface area is 190 Å². The number of nitrogens with one attached hydrogen (secondary N) is 1. The highest BCUT2D eigenvalue weighted by Crippen LogP contribution is 2.36. The molecule has 0 atom stereocenters. The number of hydrogen-bond donors (Lipinski definition) is 2. The molecular weight excluding hydrogens is 472 g/mol. The Kier molecular flexibility index (Phi) is 5.60. The standard InChI is InChI=1S/C20H11Cl4N3OS/c21-10-3-1-9(2-4-10)15-6-5-11-17(25)18(29-20(11)27-15)19(28)26-16-8-13(23)12(22)7-14(16)24/h1-8H,25H2,(H,26,28). The number of pyridine rings is 1. The van der Waals surface area contributed by atoms with Gasteiger partial charge in [0.15, 0.2) is 0 Å². The summed E-state index contributed by atoms with van der Waals surface area (Å²) in [5.41, 5.74) is 8.58. The molecule has 0 fully saturated rings. The van der Waals surface area contributed by atoms with Crippen molar-refractivity contribution in [2.24, 2.45) is 0 Å². The van der Waals surface area contributed by atoms with Crippen LogP contribution in [0.2, 0.25) is 20.1 Å². The average molecular weight is 483 g/mol. The predicted octanol–water partition coefficient (Wildman–Crippen LogP) is 7.41. The van der Waals surface area contributed by atoms with Gasteiger partial charge in [0.1, 0.15) is 9.71 Å². The Morgan fingerprint density at radius 1 is 0.931 bits per heavy atom. The molecule has 1 amide bonds. The third-order valence-electron chi connectivity index (χ3n) is 4.20. The number of nitrogen functional groups attached to an aromatic ring is 1. The number of thiophene rings is 1. The lowest BCUT2D eigenvalue weighted by atomic mass is 10.1. The number of carbonyl (C=O) groups is 1. The Morgan fingerprint density at radius 2 is 1.62 bits per heavy atom. The summed E-state index contributed by atoms with van der Waals surface area (Å²) in [6, 6.07) is 14.0. The number of aromatic nitrogens is 1. The summed E-state index contributed by atoms with van der Waals surface area (Å²) in [5.74, 6) is -0.404. The number of nitrogens with zero attached hydrogens (tertiary/aromatic N) is 1. The number of rotatable bonds is 3. The maximum atomic E-state index is 12.8. The summed E-state index contributed by atoms with van der Waals surface area (Å²) in [6.07, 6.45) is 0. The van der Waals surface area contributed by atoms with Crippen LogP contribution in [0.4, 0.5) is 11.4 Å². The third kappa shape index (κ3) is 4.02. The van der Waals surface area contributed by atoms with Crippen LogP contribution in [-0.2, 0) is 0 Å². The number of anilines is 2. The van der Waals surface area contributed by atoms with Gasteiger partial charge in [-0.3, -0.25) is 4.79 Å². The van der Waals surface area contributed by atoms with Crippen LogP contribution in [0.15, 0.2) is 48.5 Å². The molecular formula is C20H11Cl4N3OS. The zero-order chi connectivity index (χ0) is 20.7. The molecule has 0 bridgehead atoms. The summed E-state index contributed by atoms with van der Waals surface area (Å²) in [4.78, 5) is 18.4. The van der Waals surface area contributed by atoms with Crippen molar-refractivity contribution in [3.8, 4) is 11.3 Å². The van der Waals surface area contributed by atoms with Gasteiger partial charge in [0.2, 0.25) is 0 Å². The molecule has 0 unspecified atom stereocenters. The number of halogens is 4. The molecule has 4 rings (SSSR count). The zero-order valence-electron chi connectivity index (χ0n) is 14.5. The summed E-state index contributed by atoms with van der Waals surface area (Å²) >= 11 is 25.2. The third-order valence-corrected chi connectivity index (χ3v) is 6.60. The van der Waals surface area contributed by atoms with Crippen LogP contribution in [0.25, 0.3) is 21.5 Å². The molecule has 2 aromatic carbocycles. The first-order chi connectivity index (χ1) is 13.8. The van der Waals surface area contributed by atoms with E-state index in [2.05, 4.69) is 10.3 Å². The number of benzene rings is 2. The average Bonchev–Trinajstić information content (AvgIpc) is 3.03. The Bertz CT molecular complexity index is 1260. The van der Waals surface area contributed by atoms with E-state index in [4.69, 9.17) is 52.1 Å². The summed E-state index contributed by atoms with van der Waals surface area (Å²) in [7, 11) is 0. The van der Waals surface area contributed by atoms with Gasteiger partial charge in [0.25, 0.3) is 5.91 Å². The monoisotopic (exact) mass is 481 g/mol. The SMILES string of the molecule is Nc1c(C(=O)Nc2cc(Cl)c(Cl)cc2Cl)sc2nc(-c3ccc(Cl)cc3)ccc12. The molecule has 2 aromatic heterocycles. The summed E-state index contributed by atoms with van der Waals surface area (Å²) in [5, 5.41) is 4.93.